The first-order valence-corrected chi connectivity index (χ1v) is 8.74. The fourth-order valence-corrected chi connectivity index (χ4v) is 4.83. The Kier molecular flexibility index (Phi) is 4.69. The second-order valence-corrected chi connectivity index (χ2v) is 7.29. The van der Waals surface area contributed by atoms with Crippen molar-refractivity contribution in [2.45, 2.75) is 17.4 Å². The van der Waals surface area contributed by atoms with Crippen LogP contribution in [0.15, 0.2) is 17.0 Å². The van der Waals surface area contributed by atoms with Crippen LogP contribution < -0.4 is 10.0 Å². The van der Waals surface area contributed by atoms with Crippen LogP contribution in [-0.4, -0.2) is 37.9 Å². The Morgan fingerprint density at radius 3 is 2.71 bits per heavy atom. The van der Waals surface area contributed by atoms with Gasteiger partial charge in [-0.15, -0.1) is 0 Å². The Bertz CT molecular complexity index is 660. The lowest BCUT2D eigenvalue weighted by Gasteiger charge is -2.15. The van der Waals surface area contributed by atoms with Gasteiger partial charge in [0.2, 0.25) is 10.0 Å². The van der Waals surface area contributed by atoms with E-state index in [1.807, 2.05) is 0 Å². The highest BCUT2D eigenvalue weighted by molar-refractivity contribution is 7.99. The molecule has 0 amide bonds. The van der Waals surface area contributed by atoms with E-state index in [1.54, 1.807) is 11.8 Å². The fraction of sp³-hybridized carbons (Fsp3) is 0.455. The first-order chi connectivity index (χ1) is 9.85. The first-order valence-electron chi connectivity index (χ1n) is 6.11. The Hall–Kier alpha value is -1.39. The third-order valence-corrected chi connectivity index (χ3v) is 5.79. The molecule has 2 rings (SSSR count). The van der Waals surface area contributed by atoms with Crippen LogP contribution in [0.2, 0.25) is 0 Å². The van der Waals surface area contributed by atoms with E-state index in [-0.39, 0.29) is 11.7 Å². The Labute approximate surface area is 125 Å². The maximum Gasteiger partial charge on any atom is 0.274 e. The second-order valence-electron chi connectivity index (χ2n) is 4.49. The van der Waals surface area contributed by atoms with Gasteiger partial charge >= 0.3 is 0 Å². The number of hydrogen-bond donors (Lipinski definition) is 2. The minimum absolute atomic E-state index is 0.139. The molecule has 1 fully saturated rings. The number of thioether (sulfide) groups is 1. The molecule has 21 heavy (non-hydrogen) atoms. The summed E-state index contributed by atoms with van der Waals surface area (Å²) in [6, 6.07) is 1.36. The summed E-state index contributed by atoms with van der Waals surface area (Å²) in [7, 11) is -2.71. The fourth-order valence-electron chi connectivity index (χ4n) is 2.05. The van der Waals surface area contributed by atoms with Crippen LogP contribution >= 0.6 is 11.8 Å². The number of nitro benzene ring substituents is 1. The summed E-state index contributed by atoms with van der Waals surface area (Å²) in [6.45, 7) is 0. The van der Waals surface area contributed by atoms with E-state index in [0.717, 1.165) is 11.8 Å². The highest BCUT2D eigenvalue weighted by Crippen LogP contribution is 2.30. The summed E-state index contributed by atoms with van der Waals surface area (Å²) in [6.07, 6.45) is 0.674. The minimum atomic E-state index is -4.08. The monoisotopic (exact) mass is 335 g/mol. The number of halogens is 1. The van der Waals surface area contributed by atoms with Gasteiger partial charge in [-0.1, -0.05) is 0 Å². The molecule has 116 valence electrons. The third-order valence-electron chi connectivity index (χ3n) is 3.03. The number of nitrogens with zero attached hydrogens (tertiary/aromatic N) is 1. The van der Waals surface area contributed by atoms with Crippen molar-refractivity contribution in [2.24, 2.45) is 0 Å². The normalized spacial score (nSPS) is 18.7. The molecule has 1 aliphatic heterocycles. The average molecular weight is 335 g/mol. The predicted molar refractivity (Wildman–Crippen MR) is 78.7 cm³/mol. The Morgan fingerprint density at radius 1 is 1.48 bits per heavy atom. The first kappa shape index (κ1) is 16.0. The van der Waals surface area contributed by atoms with Gasteiger partial charge in [0.05, 0.1) is 16.7 Å². The molecule has 1 heterocycles. The number of benzene rings is 1. The molecule has 0 aromatic heterocycles. The van der Waals surface area contributed by atoms with Crippen LogP contribution in [0.5, 0.6) is 0 Å². The molecule has 1 atom stereocenters. The molecule has 1 aliphatic rings. The topological polar surface area (TPSA) is 101 Å². The summed E-state index contributed by atoms with van der Waals surface area (Å²) in [5.41, 5.74) is -0.646. The summed E-state index contributed by atoms with van der Waals surface area (Å²) < 4.78 is 41.1. The number of anilines is 1. The number of nitrogens with one attached hydrogen (secondary N) is 2. The molecular weight excluding hydrogens is 321 g/mol. The van der Waals surface area contributed by atoms with Crippen LogP contribution in [0.25, 0.3) is 0 Å². The van der Waals surface area contributed by atoms with Gasteiger partial charge in [0.25, 0.3) is 5.69 Å². The Balaban J connectivity index is 2.44. The zero-order chi connectivity index (χ0) is 15.6. The molecule has 0 bridgehead atoms. The van der Waals surface area contributed by atoms with Crippen molar-refractivity contribution < 1.29 is 17.7 Å². The van der Waals surface area contributed by atoms with E-state index >= 15 is 0 Å². The number of rotatable bonds is 5. The number of hydrogen-bond acceptors (Lipinski definition) is 6. The number of nitro groups is 1. The molecule has 0 radical (unpaired) electrons. The molecule has 1 saturated heterocycles. The summed E-state index contributed by atoms with van der Waals surface area (Å²) in [4.78, 5) is 9.34. The van der Waals surface area contributed by atoms with E-state index in [1.165, 1.54) is 7.05 Å². The maximum atomic E-state index is 14.1. The standard InChI is InChI=1S/C11H14FN3O4S2/c1-13-10-5-8(15(16)17)4-9(12)11(10)21(18,19)14-7-2-3-20-6-7/h4-5,7,13-14H,2-3,6H2,1H3. The summed E-state index contributed by atoms with van der Waals surface area (Å²) >= 11 is 1.61. The molecular formula is C11H14FN3O4S2. The predicted octanol–water partition coefficient (Wildman–Crippen LogP) is 1.56. The van der Waals surface area contributed by atoms with Gasteiger partial charge in [-0.3, -0.25) is 10.1 Å². The molecule has 1 aromatic rings. The second kappa shape index (κ2) is 6.16. The zero-order valence-electron chi connectivity index (χ0n) is 11.1. The Morgan fingerprint density at radius 2 is 2.19 bits per heavy atom. The largest absolute Gasteiger partial charge is 0.387 e. The lowest BCUT2D eigenvalue weighted by Crippen LogP contribution is -2.35. The van der Waals surface area contributed by atoms with Gasteiger partial charge in [0.1, 0.15) is 4.90 Å². The lowest BCUT2D eigenvalue weighted by atomic mass is 10.2. The lowest BCUT2D eigenvalue weighted by molar-refractivity contribution is -0.385. The van der Waals surface area contributed by atoms with E-state index < -0.39 is 31.3 Å². The quantitative estimate of drug-likeness (QED) is 0.625. The summed E-state index contributed by atoms with van der Waals surface area (Å²) in [5, 5.41) is 13.2. The van der Waals surface area contributed by atoms with Crippen LogP contribution in [-0.2, 0) is 10.0 Å². The van der Waals surface area contributed by atoms with Crippen LogP contribution in [0.3, 0.4) is 0 Å². The van der Waals surface area contributed by atoms with Gasteiger partial charge in [-0.2, -0.15) is 11.8 Å². The zero-order valence-corrected chi connectivity index (χ0v) is 12.8. The van der Waals surface area contributed by atoms with Crippen LogP contribution in [0.4, 0.5) is 15.8 Å². The minimum Gasteiger partial charge on any atom is -0.387 e. The average Bonchev–Trinajstić information content (AvgIpc) is 2.89. The van der Waals surface area contributed by atoms with Gasteiger partial charge in [0, 0.05) is 24.9 Å². The third kappa shape index (κ3) is 3.44. The van der Waals surface area contributed by atoms with Crippen molar-refractivity contribution in [2.75, 3.05) is 23.9 Å². The molecule has 2 N–H and O–H groups in total. The van der Waals surface area contributed by atoms with E-state index in [0.29, 0.717) is 18.2 Å². The van der Waals surface area contributed by atoms with Crippen molar-refractivity contribution in [3.63, 3.8) is 0 Å². The molecule has 0 aliphatic carbocycles. The van der Waals surface area contributed by atoms with Crippen molar-refractivity contribution in [3.8, 4) is 0 Å². The molecule has 10 heteroatoms. The van der Waals surface area contributed by atoms with E-state index in [2.05, 4.69) is 10.0 Å². The van der Waals surface area contributed by atoms with E-state index in [4.69, 9.17) is 0 Å². The molecule has 1 unspecified atom stereocenters. The van der Waals surface area contributed by atoms with Crippen molar-refractivity contribution in [1.29, 1.82) is 0 Å². The van der Waals surface area contributed by atoms with Crippen molar-refractivity contribution in [3.05, 3.63) is 28.1 Å². The molecule has 1 aromatic carbocycles. The van der Waals surface area contributed by atoms with Crippen LogP contribution in [0, 0.1) is 15.9 Å². The van der Waals surface area contributed by atoms with Gasteiger partial charge < -0.3 is 5.32 Å². The van der Waals surface area contributed by atoms with Gasteiger partial charge in [0.15, 0.2) is 5.82 Å². The molecule has 0 saturated carbocycles. The number of non-ortho nitro benzene ring substituents is 1. The van der Waals surface area contributed by atoms with Crippen LogP contribution in [0.1, 0.15) is 6.42 Å². The number of sulfonamides is 1. The van der Waals surface area contributed by atoms with Crippen molar-refractivity contribution in [1.82, 2.24) is 4.72 Å². The highest BCUT2D eigenvalue weighted by atomic mass is 32.2. The van der Waals surface area contributed by atoms with Gasteiger partial charge in [-0.25, -0.2) is 17.5 Å². The van der Waals surface area contributed by atoms with Crippen molar-refractivity contribution >= 4 is 33.2 Å². The molecule has 7 nitrogen and oxygen atoms in total. The molecule has 0 spiro atoms. The SMILES string of the molecule is CNc1cc([N+](=O)[O-])cc(F)c1S(=O)(=O)NC1CCSC1. The van der Waals surface area contributed by atoms with E-state index in [9.17, 15) is 22.9 Å². The summed E-state index contributed by atoms with van der Waals surface area (Å²) in [5.74, 6) is 0.323. The smallest absolute Gasteiger partial charge is 0.274 e. The van der Waals surface area contributed by atoms with Gasteiger partial charge in [-0.05, 0) is 12.2 Å². The highest BCUT2D eigenvalue weighted by Gasteiger charge is 2.29. The maximum absolute atomic E-state index is 14.1.